The molecule has 86 valence electrons. The molecule has 1 amide bonds. The number of rotatable bonds is 3. The number of nitrogens with two attached hydrogens (primary N) is 1. The molecular formula is C13H13N3O. The van der Waals surface area contributed by atoms with Crippen molar-refractivity contribution >= 4 is 11.6 Å². The first-order valence-electron chi connectivity index (χ1n) is 5.29. The number of hydrogen-bond acceptors (Lipinski definition) is 3. The van der Waals surface area contributed by atoms with Gasteiger partial charge in [-0.1, -0.05) is 30.3 Å². The van der Waals surface area contributed by atoms with Gasteiger partial charge in [0.2, 0.25) is 5.91 Å². The highest BCUT2D eigenvalue weighted by Gasteiger charge is 2.15. The third kappa shape index (κ3) is 2.89. The lowest BCUT2D eigenvalue weighted by atomic mass is 10.1. The quantitative estimate of drug-likeness (QED) is 0.838. The van der Waals surface area contributed by atoms with Crippen LogP contribution in [0.25, 0.3) is 0 Å². The van der Waals surface area contributed by atoms with Crippen LogP contribution < -0.4 is 11.1 Å². The number of hydrogen-bond donors (Lipinski definition) is 2. The Morgan fingerprint density at radius 3 is 2.41 bits per heavy atom. The summed E-state index contributed by atoms with van der Waals surface area (Å²) in [5.74, 6) is -0.234. The van der Waals surface area contributed by atoms with E-state index in [-0.39, 0.29) is 5.91 Å². The van der Waals surface area contributed by atoms with E-state index in [1.54, 1.807) is 24.5 Å². The third-order valence-corrected chi connectivity index (χ3v) is 2.39. The molecule has 0 bridgehead atoms. The Morgan fingerprint density at radius 2 is 1.76 bits per heavy atom. The largest absolute Gasteiger partial charge is 0.324 e. The van der Waals surface area contributed by atoms with Crippen molar-refractivity contribution in [2.45, 2.75) is 6.04 Å². The fourth-order valence-electron chi connectivity index (χ4n) is 1.47. The molecular weight excluding hydrogens is 214 g/mol. The first kappa shape index (κ1) is 11.3. The minimum absolute atomic E-state index is 0.234. The zero-order valence-electron chi connectivity index (χ0n) is 9.21. The number of nitrogens with zero attached hydrogens (tertiary/aromatic N) is 1. The molecule has 0 fully saturated rings. The molecule has 4 nitrogen and oxygen atoms in total. The summed E-state index contributed by atoms with van der Waals surface area (Å²) in [7, 11) is 0. The van der Waals surface area contributed by atoms with Gasteiger partial charge in [0, 0.05) is 18.1 Å². The Bertz CT molecular complexity index is 485. The summed E-state index contributed by atoms with van der Waals surface area (Å²) < 4.78 is 0. The lowest BCUT2D eigenvalue weighted by Crippen LogP contribution is -2.27. The Kier molecular flexibility index (Phi) is 3.47. The van der Waals surface area contributed by atoms with Crippen molar-refractivity contribution in [2.24, 2.45) is 5.73 Å². The van der Waals surface area contributed by atoms with Crippen LogP contribution in [0.1, 0.15) is 11.6 Å². The first-order chi connectivity index (χ1) is 8.27. The molecule has 1 heterocycles. The minimum Gasteiger partial charge on any atom is -0.324 e. The van der Waals surface area contributed by atoms with Crippen LogP contribution in [0.4, 0.5) is 5.69 Å². The van der Waals surface area contributed by atoms with E-state index in [1.807, 2.05) is 30.3 Å². The molecule has 1 atom stereocenters. The molecule has 4 heteroatoms. The maximum atomic E-state index is 11.9. The predicted molar refractivity (Wildman–Crippen MR) is 66.2 cm³/mol. The van der Waals surface area contributed by atoms with Crippen molar-refractivity contribution < 1.29 is 4.79 Å². The molecule has 0 aliphatic rings. The minimum atomic E-state index is -0.663. The third-order valence-electron chi connectivity index (χ3n) is 2.39. The monoisotopic (exact) mass is 227 g/mol. The van der Waals surface area contributed by atoms with Crippen LogP contribution in [0.3, 0.4) is 0 Å². The number of amides is 1. The highest BCUT2D eigenvalue weighted by molar-refractivity contribution is 5.95. The normalized spacial score (nSPS) is 11.8. The van der Waals surface area contributed by atoms with Gasteiger partial charge in [-0.15, -0.1) is 0 Å². The van der Waals surface area contributed by atoms with E-state index in [2.05, 4.69) is 10.3 Å². The van der Waals surface area contributed by atoms with Crippen LogP contribution in [0.2, 0.25) is 0 Å². The van der Waals surface area contributed by atoms with Gasteiger partial charge in [0.05, 0.1) is 0 Å². The molecule has 1 aromatic heterocycles. The first-order valence-corrected chi connectivity index (χ1v) is 5.29. The summed E-state index contributed by atoms with van der Waals surface area (Å²) in [6, 6.07) is 12.0. The van der Waals surface area contributed by atoms with Gasteiger partial charge < -0.3 is 11.1 Å². The highest BCUT2D eigenvalue weighted by atomic mass is 16.2. The van der Waals surface area contributed by atoms with Crippen molar-refractivity contribution in [1.82, 2.24) is 4.98 Å². The summed E-state index contributed by atoms with van der Waals surface area (Å²) in [5, 5.41) is 2.74. The van der Waals surface area contributed by atoms with Gasteiger partial charge in [0.15, 0.2) is 0 Å². The van der Waals surface area contributed by atoms with Gasteiger partial charge in [0.25, 0.3) is 0 Å². The Hall–Kier alpha value is -2.20. The van der Waals surface area contributed by atoms with E-state index in [9.17, 15) is 4.79 Å². The predicted octanol–water partition coefficient (Wildman–Crippen LogP) is 1.72. The molecule has 3 N–H and O–H groups in total. The topological polar surface area (TPSA) is 68.0 Å². The Labute approximate surface area is 99.5 Å². The van der Waals surface area contributed by atoms with Gasteiger partial charge in [-0.05, 0) is 17.7 Å². The van der Waals surface area contributed by atoms with Crippen LogP contribution in [0.5, 0.6) is 0 Å². The van der Waals surface area contributed by atoms with E-state index >= 15 is 0 Å². The lowest BCUT2D eigenvalue weighted by molar-refractivity contribution is -0.117. The van der Waals surface area contributed by atoms with Crippen LogP contribution in [0, 0.1) is 0 Å². The van der Waals surface area contributed by atoms with Crippen LogP contribution in [-0.4, -0.2) is 10.9 Å². The van der Waals surface area contributed by atoms with E-state index < -0.39 is 6.04 Å². The van der Waals surface area contributed by atoms with Gasteiger partial charge >= 0.3 is 0 Å². The van der Waals surface area contributed by atoms with Gasteiger partial charge in [0.1, 0.15) is 6.04 Å². The van der Waals surface area contributed by atoms with Crippen molar-refractivity contribution in [3.8, 4) is 0 Å². The van der Waals surface area contributed by atoms with E-state index in [0.29, 0.717) is 5.69 Å². The van der Waals surface area contributed by atoms with Crippen molar-refractivity contribution in [2.75, 3.05) is 5.32 Å². The average Bonchev–Trinajstić information content (AvgIpc) is 2.40. The zero-order valence-corrected chi connectivity index (χ0v) is 9.21. The summed E-state index contributed by atoms with van der Waals surface area (Å²) in [5.41, 5.74) is 7.34. The molecule has 17 heavy (non-hydrogen) atoms. The molecule has 0 saturated carbocycles. The van der Waals surface area contributed by atoms with Crippen molar-refractivity contribution in [3.63, 3.8) is 0 Å². The molecule has 1 unspecified atom stereocenters. The number of nitrogens with one attached hydrogen (secondary N) is 1. The molecule has 0 radical (unpaired) electrons. The lowest BCUT2D eigenvalue weighted by Gasteiger charge is -2.12. The summed E-state index contributed by atoms with van der Waals surface area (Å²) >= 11 is 0. The Balaban J connectivity index is 2.06. The second-order valence-corrected chi connectivity index (χ2v) is 3.61. The second kappa shape index (κ2) is 5.23. The second-order valence-electron chi connectivity index (χ2n) is 3.61. The maximum absolute atomic E-state index is 11.9. The number of carbonyl (C=O) groups is 1. The molecule has 2 aromatic rings. The summed E-state index contributed by atoms with van der Waals surface area (Å²) in [6.07, 6.45) is 3.23. The van der Waals surface area contributed by atoms with Gasteiger partial charge in [-0.2, -0.15) is 0 Å². The standard InChI is InChI=1S/C13H13N3O/c14-12(10-4-2-1-3-5-10)13(17)16-11-6-8-15-9-7-11/h1-9,12H,14H2,(H,15,16,17). The SMILES string of the molecule is NC(C(=O)Nc1ccncc1)c1ccccc1. The zero-order chi connectivity index (χ0) is 12.1. The molecule has 0 aliphatic heterocycles. The highest BCUT2D eigenvalue weighted by Crippen LogP contribution is 2.12. The molecule has 2 rings (SSSR count). The molecule has 1 aromatic carbocycles. The van der Waals surface area contributed by atoms with Crippen molar-refractivity contribution in [3.05, 3.63) is 60.4 Å². The summed E-state index contributed by atoms with van der Waals surface area (Å²) in [4.78, 5) is 15.7. The number of aromatic nitrogens is 1. The maximum Gasteiger partial charge on any atom is 0.245 e. The van der Waals surface area contributed by atoms with Gasteiger partial charge in [-0.3, -0.25) is 9.78 Å². The number of benzene rings is 1. The van der Waals surface area contributed by atoms with E-state index in [0.717, 1.165) is 5.56 Å². The van der Waals surface area contributed by atoms with Gasteiger partial charge in [-0.25, -0.2) is 0 Å². The summed E-state index contributed by atoms with van der Waals surface area (Å²) in [6.45, 7) is 0. The number of anilines is 1. The molecule has 0 spiro atoms. The van der Waals surface area contributed by atoms with E-state index in [4.69, 9.17) is 5.73 Å². The number of carbonyl (C=O) groups excluding carboxylic acids is 1. The van der Waals surface area contributed by atoms with Crippen LogP contribution >= 0.6 is 0 Å². The molecule has 0 saturated heterocycles. The Morgan fingerprint density at radius 1 is 1.12 bits per heavy atom. The number of pyridine rings is 1. The fourth-order valence-corrected chi connectivity index (χ4v) is 1.47. The van der Waals surface area contributed by atoms with Crippen molar-refractivity contribution in [1.29, 1.82) is 0 Å². The van der Waals surface area contributed by atoms with Crippen LogP contribution in [0.15, 0.2) is 54.9 Å². The van der Waals surface area contributed by atoms with Crippen LogP contribution in [-0.2, 0) is 4.79 Å². The average molecular weight is 227 g/mol. The molecule has 0 aliphatic carbocycles. The smallest absolute Gasteiger partial charge is 0.245 e. The van der Waals surface area contributed by atoms with E-state index in [1.165, 1.54) is 0 Å². The fraction of sp³-hybridized carbons (Fsp3) is 0.0769.